The molecule has 4 N–H and O–H groups in total. The summed E-state index contributed by atoms with van der Waals surface area (Å²) in [5.41, 5.74) is 8.35. The molecule has 2 heterocycles. The van der Waals surface area contributed by atoms with Gasteiger partial charge in [-0.3, -0.25) is 4.79 Å². The number of nitrogen functional groups attached to an aromatic ring is 1. The molecule has 0 atom stereocenters. The second-order valence-corrected chi connectivity index (χ2v) is 7.83. The monoisotopic (exact) mass is 475 g/mol. The Hall–Kier alpha value is -4.53. The topological polar surface area (TPSA) is 102 Å². The summed E-state index contributed by atoms with van der Waals surface area (Å²) in [6.45, 7) is 2.29. The number of benzene rings is 2. The van der Waals surface area contributed by atoms with Crippen LogP contribution in [0.5, 0.6) is 11.5 Å². The summed E-state index contributed by atoms with van der Waals surface area (Å²) in [5.74, 6) is -0.487. The van der Waals surface area contributed by atoms with Crippen molar-refractivity contribution >= 4 is 17.5 Å². The molecule has 2 aromatic carbocycles. The molecule has 7 nitrogen and oxygen atoms in total. The van der Waals surface area contributed by atoms with Gasteiger partial charge < -0.3 is 21.1 Å². The third-order valence-corrected chi connectivity index (χ3v) is 5.12. The van der Waals surface area contributed by atoms with Crippen LogP contribution >= 0.6 is 0 Å². The number of ether oxygens (including phenoxy) is 1. The third kappa shape index (κ3) is 6.08. The van der Waals surface area contributed by atoms with E-state index in [1.165, 1.54) is 6.07 Å². The number of carbonyl (C=O) groups is 1. The van der Waals surface area contributed by atoms with Crippen LogP contribution in [0.2, 0.25) is 0 Å². The Bertz CT molecular complexity index is 1350. The number of halogens is 2. The van der Waals surface area contributed by atoms with Crippen molar-refractivity contribution in [2.45, 2.75) is 20.0 Å². The molecule has 0 saturated heterocycles. The van der Waals surface area contributed by atoms with Crippen LogP contribution in [0.3, 0.4) is 0 Å². The first-order valence-corrected chi connectivity index (χ1v) is 10.8. The van der Waals surface area contributed by atoms with E-state index in [1.54, 1.807) is 30.6 Å². The maximum Gasteiger partial charge on any atom is 0.255 e. The maximum atomic E-state index is 13.4. The van der Waals surface area contributed by atoms with Crippen LogP contribution in [-0.2, 0) is 13.1 Å². The zero-order valence-electron chi connectivity index (χ0n) is 18.9. The second-order valence-electron chi connectivity index (χ2n) is 7.83. The van der Waals surface area contributed by atoms with Gasteiger partial charge in [0.25, 0.3) is 5.91 Å². The molecule has 0 fully saturated rings. The van der Waals surface area contributed by atoms with Crippen molar-refractivity contribution in [3.63, 3.8) is 0 Å². The summed E-state index contributed by atoms with van der Waals surface area (Å²) in [4.78, 5) is 21.2. The lowest BCUT2D eigenvalue weighted by molar-refractivity contribution is 0.0951. The number of pyridine rings is 2. The molecule has 9 heteroatoms. The van der Waals surface area contributed by atoms with E-state index in [0.29, 0.717) is 40.8 Å². The zero-order chi connectivity index (χ0) is 24.8. The van der Waals surface area contributed by atoms with E-state index < -0.39 is 11.6 Å². The van der Waals surface area contributed by atoms with E-state index >= 15 is 0 Å². The number of amides is 1. The van der Waals surface area contributed by atoms with Crippen LogP contribution in [0, 0.1) is 18.6 Å². The molecule has 0 unspecified atom stereocenters. The maximum absolute atomic E-state index is 13.4. The number of carbonyl (C=O) groups excluding carboxylic acids is 1. The standard InChI is InChI=1S/C26H23F2N5O2/c1-16-11-20(26(34)33-15-18-6-9-21(27)22(28)12-18)25(31-13-16)32-14-17-4-7-19(8-5-17)35-23-3-2-10-30-24(23)29/h2-13H,14-15H2,1H3,(H2,29,30)(H,31,32)(H,33,34). The van der Waals surface area contributed by atoms with E-state index in [9.17, 15) is 13.6 Å². The lowest BCUT2D eigenvalue weighted by Gasteiger charge is -2.13. The Morgan fingerprint density at radius 3 is 2.49 bits per heavy atom. The van der Waals surface area contributed by atoms with E-state index in [4.69, 9.17) is 10.5 Å². The lowest BCUT2D eigenvalue weighted by Crippen LogP contribution is -2.24. The quantitative estimate of drug-likeness (QED) is 0.332. The number of anilines is 2. The smallest absolute Gasteiger partial charge is 0.255 e. The van der Waals surface area contributed by atoms with Crippen LogP contribution in [0.15, 0.2) is 73.1 Å². The fourth-order valence-electron chi connectivity index (χ4n) is 3.29. The average Bonchev–Trinajstić information content (AvgIpc) is 2.86. The number of aryl methyl sites for hydroxylation is 1. The minimum atomic E-state index is -0.961. The zero-order valence-corrected chi connectivity index (χ0v) is 18.9. The molecule has 4 aromatic rings. The van der Waals surface area contributed by atoms with Crippen LogP contribution in [0.25, 0.3) is 0 Å². The van der Waals surface area contributed by atoms with Crippen LogP contribution in [-0.4, -0.2) is 15.9 Å². The van der Waals surface area contributed by atoms with Crippen molar-refractivity contribution in [2.24, 2.45) is 0 Å². The van der Waals surface area contributed by atoms with Crippen LogP contribution < -0.4 is 21.1 Å². The van der Waals surface area contributed by atoms with Crippen molar-refractivity contribution in [3.05, 3.63) is 107 Å². The first-order chi connectivity index (χ1) is 16.9. The van der Waals surface area contributed by atoms with Crippen LogP contribution in [0.1, 0.15) is 27.0 Å². The Balaban J connectivity index is 1.40. The highest BCUT2D eigenvalue weighted by Crippen LogP contribution is 2.25. The van der Waals surface area contributed by atoms with Gasteiger partial charge in [-0.1, -0.05) is 18.2 Å². The Morgan fingerprint density at radius 1 is 0.971 bits per heavy atom. The number of aromatic nitrogens is 2. The minimum Gasteiger partial charge on any atom is -0.453 e. The van der Waals surface area contributed by atoms with Crippen molar-refractivity contribution in [1.82, 2.24) is 15.3 Å². The summed E-state index contributed by atoms with van der Waals surface area (Å²) in [5, 5.41) is 5.90. The minimum absolute atomic E-state index is 0.0479. The van der Waals surface area contributed by atoms with Gasteiger partial charge in [0, 0.05) is 25.5 Å². The molecule has 0 aliphatic carbocycles. The first-order valence-electron chi connectivity index (χ1n) is 10.8. The largest absolute Gasteiger partial charge is 0.453 e. The molecule has 0 radical (unpaired) electrons. The molecule has 1 amide bonds. The molecule has 0 aliphatic heterocycles. The van der Waals surface area contributed by atoms with Gasteiger partial charge in [-0.05, 0) is 66.1 Å². The molecule has 2 aromatic heterocycles. The molecule has 0 spiro atoms. The van der Waals surface area contributed by atoms with E-state index in [-0.39, 0.29) is 12.5 Å². The number of hydrogen-bond acceptors (Lipinski definition) is 6. The fourth-order valence-corrected chi connectivity index (χ4v) is 3.29. The first kappa shape index (κ1) is 23.6. The Morgan fingerprint density at radius 2 is 1.74 bits per heavy atom. The van der Waals surface area contributed by atoms with Crippen molar-refractivity contribution in [3.8, 4) is 11.5 Å². The SMILES string of the molecule is Cc1cnc(NCc2ccc(Oc3cccnc3N)cc2)c(C(=O)NCc2ccc(F)c(F)c2)c1. The molecule has 0 saturated carbocycles. The molecule has 0 aliphatic rings. The summed E-state index contributed by atoms with van der Waals surface area (Å²) < 4.78 is 32.3. The van der Waals surface area contributed by atoms with Gasteiger partial charge >= 0.3 is 0 Å². The van der Waals surface area contributed by atoms with Crippen LogP contribution in [0.4, 0.5) is 20.4 Å². The van der Waals surface area contributed by atoms with Gasteiger partial charge in [0.1, 0.15) is 11.6 Å². The van der Waals surface area contributed by atoms with Gasteiger partial charge in [-0.25, -0.2) is 18.7 Å². The highest BCUT2D eigenvalue weighted by molar-refractivity contribution is 5.98. The Labute approximate surface area is 201 Å². The molecular formula is C26H23F2N5O2. The number of rotatable bonds is 8. The molecule has 0 bridgehead atoms. The summed E-state index contributed by atoms with van der Waals surface area (Å²) in [6, 6.07) is 16.1. The number of nitrogens with one attached hydrogen (secondary N) is 2. The van der Waals surface area contributed by atoms with Crippen molar-refractivity contribution < 1.29 is 18.3 Å². The van der Waals surface area contributed by atoms with Gasteiger partial charge in [0.05, 0.1) is 5.56 Å². The van der Waals surface area contributed by atoms with Gasteiger partial charge in [0.2, 0.25) is 0 Å². The number of nitrogens with zero attached hydrogens (tertiary/aromatic N) is 2. The van der Waals surface area contributed by atoms with Crippen molar-refractivity contribution in [2.75, 3.05) is 11.1 Å². The molecule has 4 rings (SSSR count). The molecular weight excluding hydrogens is 452 g/mol. The van der Waals surface area contributed by atoms with E-state index in [1.807, 2.05) is 31.2 Å². The molecule has 178 valence electrons. The van der Waals surface area contributed by atoms with E-state index in [0.717, 1.165) is 23.3 Å². The summed E-state index contributed by atoms with van der Waals surface area (Å²) >= 11 is 0. The van der Waals surface area contributed by atoms with Gasteiger partial charge in [-0.2, -0.15) is 0 Å². The van der Waals surface area contributed by atoms with Crippen molar-refractivity contribution in [1.29, 1.82) is 0 Å². The number of nitrogens with two attached hydrogens (primary N) is 1. The number of hydrogen-bond donors (Lipinski definition) is 3. The second kappa shape index (κ2) is 10.6. The predicted molar refractivity (Wildman–Crippen MR) is 129 cm³/mol. The van der Waals surface area contributed by atoms with Gasteiger partial charge in [-0.15, -0.1) is 0 Å². The normalized spacial score (nSPS) is 10.6. The highest BCUT2D eigenvalue weighted by atomic mass is 19.2. The Kier molecular flexibility index (Phi) is 7.15. The van der Waals surface area contributed by atoms with Gasteiger partial charge in [0.15, 0.2) is 23.2 Å². The summed E-state index contributed by atoms with van der Waals surface area (Å²) in [6.07, 6.45) is 3.25. The average molecular weight is 475 g/mol. The third-order valence-electron chi connectivity index (χ3n) is 5.12. The highest BCUT2D eigenvalue weighted by Gasteiger charge is 2.14. The predicted octanol–water partition coefficient (Wildman–Crippen LogP) is 4.98. The lowest BCUT2D eigenvalue weighted by atomic mass is 10.1. The van der Waals surface area contributed by atoms with E-state index in [2.05, 4.69) is 20.6 Å². The summed E-state index contributed by atoms with van der Waals surface area (Å²) in [7, 11) is 0. The molecule has 35 heavy (non-hydrogen) atoms. The fraction of sp³-hybridized carbons (Fsp3) is 0.115.